The Kier molecular flexibility index (Phi) is 6.62. The van der Waals surface area contributed by atoms with Gasteiger partial charge in [0.2, 0.25) is 5.91 Å². The lowest BCUT2D eigenvalue weighted by atomic mass is 9.79. The Morgan fingerprint density at radius 2 is 1.96 bits per heavy atom. The van der Waals surface area contributed by atoms with E-state index in [9.17, 15) is 18.0 Å². The molecule has 0 atom stereocenters. The van der Waals surface area contributed by atoms with Gasteiger partial charge in [-0.25, -0.2) is 4.98 Å². The molecule has 0 saturated heterocycles. The third-order valence-corrected chi connectivity index (χ3v) is 5.69. The van der Waals surface area contributed by atoms with E-state index in [-0.39, 0.29) is 11.8 Å². The van der Waals surface area contributed by atoms with Gasteiger partial charge in [0.15, 0.2) is 0 Å². The molecule has 2 aromatic heterocycles. The summed E-state index contributed by atoms with van der Waals surface area (Å²) in [5.74, 6) is 0.953. The fourth-order valence-electron chi connectivity index (χ4n) is 4.00. The Bertz CT molecular complexity index is 792. The third-order valence-electron chi connectivity index (χ3n) is 5.69. The van der Waals surface area contributed by atoms with Crippen LogP contribution in [0.5, 0.6) is 0 Å². The Morgan fingerprint density at radius 3 is 2.64 bits per heavy atom. The van der Waals surface area contributed by atoms with Crippen LogP contribution in [0.1, 0.15) is 63.1 Å². The zero-order valence-corrected chi connectivity index (χ0v) is 16.3. The summed E-state index contributed by atoms with van der Waals surface area (Å²) in [6.07, 6.45) is 6.70. The van der Waals surface area contributed by atoms with Gasteiger partial charge in [-0.15, -0.1) is 0 Å². The number of nitrogens with zero attached hydrogens (tertiary/aromatic N) is 2. The van der Waals surface area contributed by atoms with Crippen molar-refractivity contribution in [1.29, 1.82) is 0 Å². The van der Waals surface area contributed by atoms with Crippen molar-refractivity contribution in [3.05, 3.63) is 35.8 Å². The maximum atomic E-state index is 12.8. The average molecular weight is 395 g/mol. The summed E-state index contributed by atoms with van der Waals surface area (Å²) in [4.78, 5) is 16.7. The second-order valence-electron chi connectivity index (χ2n) is 7.81. The lowest BCUT2D eigenvalue weighted by Crippen LogP contribution is -2.34. The molecule has 1 amide bonds. The SMILES string of the molecule is CCCCC1CCC(C(=O)NCCc2cn3cc(C(F)(F)F)ccc3n2)CC1. The molecule has 0 aromatic carbocycles. The molecule has 0 bridgehead atoms. The number of unbranched alkanes of at least 4 members (excludes halogenated alkanes) is 1. The van der Waals surface area contributed by atoms with Crippen LogP contribution in [0.2, 0.25) is 0 Å². The third kappa shape index (κ3) is 5.26. The number of hydrogen-bond donors (Lipinski definition) is 1. The second-order valence-corrected chi connectivity index (χ2v) is 7.81. The first-order valence-corrected chi connectivity index (χ1v) is 10.2. The number of pyridine rings is 1. The molecular weight excluding hydrogens is 367 g/mol. The molecule has 154 valence electrons. The van der Waals surface area contributed by atoms with E-state index in [1.807, 2.05) is 0 Å². The van der Waals surface area contributed by atoms with Gasteiger partial charge in [0.25, 0.3) is 0 Å². The van der Waals surface area contributed by atoms with E-state index in [0.717, 1.165) is 43.9 Å². The minimum absolute atomic E-state index is 0.0910. The van der Waals surface area contributed by atoms with Crippen LogP contribution in [-0.2, 0) is 17.4 Å². The van der Waals surface area contributed by atoms with E-state index in [0.29, 0.717) is 24.3 Å². The fraction of sp³-hybridized carbons (Fsp3) is 0.619. The average Bonchev–Trinajstić information content (AvgIpc) is 3.08. The van der Waals surface area contributed by atoms with E-state index in [2.05, 4.69) is 17.2 Å². The van der Waals surface area contributed by atoms with Crippen molar-refractivity contribution in [1.82, 2.24) is 14.7 Å². The van der Waals surface area contributed by atoms with Gasteiger partial charge in [0.1, 0.15) is 5.65 Å². The van der Waals surface area contributed by atoms with Crippen LogP contribution in [0.15, 0.2) is 24.5 Å². The molecule has 0 unspecified atom stereocenters. The molecule has 0 aliphatic heterocycles. The number of fused-ring (bicyclic) bond motifs is 1. The summed E-state index contributed by atoms with van der Waals surface area (Å²) in [5.41, 5.74) is 0.439. The summed E-state index contributed by atoms with van der Waals surface area (Å²) in [6, 6.07) is 2.40. The lowest BCUT2D eigenvalue weighted by Gasteiger charge is -2.27. The lowest BCUT2D eigenvalue weighted by molar-refractivity contribution is -0.137. The van der Waals surface area contributed by atoms with Crippen LogP contribution in [0, 0.1) is 11.8 Å². The van der Waals surface area contributed by atoms with Crippen molar-refractivity contribution in [2.45, 2.75) is 64.5 Å². The number of carbonyl (C=O) groups is 1. The highest BCUT2D eigenvalue weighted by atomic mass is 19.4. The summed E-state index contributed by atoms with van der Waals surface area (Å²) in [7, 11) is 0. The van der Waals surface area contributed by atoms with Crippen LogP contribution >= 0.6 is 0 Å². The molecular formula is C21H28F3N3O. The van der Waals surface area contributed by atoms with Gasteiger partial charge < -0.3 is 9.72 Å². The van der Waals surface area contributed by atoms with E-state index >= 15 is 0 Å². The molecule has 0 radical (unpaired) electrons. The number of imidazole rings is 1. The number of carbonyl (C=O) groups excluding carboxylic acids is 1. The van der Waals surface area contributed by atoms with Crippen molar-refractivity contribution in [3.63, 3.8) is 0 Å². The van der Waals surface area contributed by atoms with Crippen LogP contribution in [0.4, 0.5) is 13.2 Å². The molecule has 1 aliphatic rings. The topological polar surface area (TPSA) is 46.4 Å². The van der Waals surface area contributed by atoms with Crippen molar-refractivity contribution < 1.29 is 18.0 Å². The molecule has 0 spiro atoms. The summed E-state index contributed by atoms with van der Waals surface area (Å²) < 4.78 is 39.8. The molecule has 1 aliphatic carbocycles. The monoisotopic (exact) mass is 395 g/mol. The van der Waals surface area contributed by atoms with E-state index in [1.165, 1.54) is 29.7 Å². The van der Waals surface area contributed by atoms with Gasteiger partial charge in [0.05, 0.1) is 11.3 Å². The summed E-state index contributed by atoms with van der Waals surface area (Å²) in [5, 5.41) is 2.97. The van der Waals surface area contributed by atoms with Crippen molar-refractivity contribution >= 4 is 11.6 Å². The van der Waals surface area contributed by atoms with Gasteiger partial charge in [-0.05, 0) is 43.7 Å². The number of aromatic nitrogens is 2. The largest absolute Gasteiger partial charge is 0.417 e. The van der Waals surface area contributed by atoms with Gasteiger partial charge in [-0.3, -0.25) is 4.79 Å². The van der Waals surface area contributed by atoms with Crippen molar-refractivity contribution in [3.8, 4) is 0 Å². The molecule has 2 aromatic rings. The Balaban J connectivity index is 1.46. The minimum atomic E-state index is -4.37. The van der Waals surface area contributed by atoms with Crippen LogP contribution in [-0.4, -0.2) is 21.8 Å². The summed E-state index contributed by atoms with van der Waals surface area (Å²) >= 11 is 0. The maximum Gasteiger partial charge on any atom is 0.417 e. The standard InChI is InChI=1S/C21H28F3N3O/c1-2-3-4-15-5-7-16(8-6-15)20(28)25-12-11-18-14-27-13-17(21(22,23)24)9-10-19(27)26-18/h9-10,13-16H,2-8,11-12H2,1H3,(H,25,28). The quantitative estimate of drug-likeness (QED) is 0.716. The fourth-order valence-corrected chi connectivity index (χ4v) is 4.00. The molecule has 28 heavy (non-hydrogen) atoms. The first kappa shape index (κ1) is 20.7. The first-order chi connectivity index (χ1) is 13.4. The van der Waals surface area contributed by atoms with Crippen molar-refractivity contribution in [2.24, 2.45) is 11.8 Å². The number of nitrogens with one attached hydrogen (secondary N) is 1. The zero-order valence-electron chi connectivity index (χ0n) is 16.3. The van der Waals surface area contributed by atoms with Crippen LogP contribution < -0.4 is 5.32 Å². The van der Waals surface area contributed by atoms with Gasteiger partial charge in [-0.2, -0.15) is 13.2 Å². The maximum absolute atomic E-state index is 12.8. The van der Waals surface area contributed by atoms with E-state index in [1.54, 1.807) is 6.20 Å². The molecule has 2 heterocycles. The molecule has 3 rings (SSSR count). The zero-order chi connectivity index (χ0) is 20.1. The van der Waals surface area contributed by atoms with Gasteiger partial charge >= 0.3 is 6.18 Å². The predicted molar refractivity (Wildman–Crippen MR) is 102 cm³/mol. The normalized spacial score (nSPS) is 20.4. The highest BCUT2D eigenvalue weighted by Gasteiger charge is 2.31. The van der Waals surface area contributed by atoms with Crippen LogP contribution in [0.25, 0.3) is 5.65 Å². The van der Waals surface area contributed by atoms with E-state index < -0.39 is 11.7 Å². The molecule has 4 nitrogen and oxygen atoms in total. The first-order valence-electron chi connectivity index (χ1n) is 10.2. The Morgan fingerprint density at radius 1 is 1.21 bits per heavy atom. The summed E-state index contributed by atoms with van der Waals surface area (Å²) in [6.45, 7) is 2.65. The highest BCUT2D eigenvalue weighted by Crippen LogP contribution is 2.32. The smallest absolute Gasteiger partial charge is 0.355 e. The number of hydrogen-bond acceptors (Lipinski definition) is 2. The van der Waals surface area contributed by atoms with E-state index in [4.69, 9.17) is 0 Å². The number of amides is 1. The minimum Gasteiger partial charge on any atom is -0.355 e. The number of rotatable bonds is 7. The Labute approximate surface area is 163 Å². The highest BCUT2D eigenvalue weighted by molar-refractivity contribution is 5.78. The Hall–Kier alpha value is -2.05. The number of alkyl halides is 3. The molecule has 7 heteroatoms. The van der Waals surface area contributed by atoms with Crippen LogP contribution in [0.3, 0.4) is 0 Å². The number of halogens is 3. The second kappa shape index (κ2) is 8.97. The predicted octanol–water partition coefficient (Wildman–Crippen LogP) is 5.01. The molecule has 1 fully saturated rings. The van der Waals surface area contributed by atoms with Gasteiger partial charge in [-0.1, -0.05) is 26.2 Å². The molecule has 1 saturated carbocycles. The molecule has 1 N–H and O–H groups in total. The van der Waals surface area contributed by atoms with Gasteiger partial charge in [0, 0.05) is 31.3 Å². The van der Waals surface area contributed by atoms with Crippen molar-refractivity contribution in [2.75, 3.05) is 6.54 Å².